The molecule has 0 bridgehead atoms. The van der Waals surface area contributed by atoms with E-state index < -0.39 is 11.9 Å². The van der Waals surface area contributed by atoms with Crippen molar-refractivity contribution >= 4 is 29.9 Å². The van der Waals surface area contributed by atoms with Crippen LogP contribution in [0.1, 0.15) is 29.3 Å². The topological polar surface area (TPSA) is 84.9 Å². The Kier molecular flexibility index (Phi) is 6.70. The average Bonchev–Trinajstić information content (AvgIpc) is 3.12. The Hall–Kier alpha value is -1.86. The molecule has 150 valence electrons. The molecular weight excluding hydrogens is 476 g/mol. The van der Waals surface area contributed by atoms with Gasteiger partial charge in [-0.25, -0.2) is 9.67 Å². The Balaban J connectivity index is 0.00000261. The van der Waals surface area contributed by atoms with E-state index in [9.17, 15) is 13.2 Å². The molecule has 2 N–H and O–H groups in total. The molecule has 27 heavy (non-hydrogen) atoms. The van der Waals surface area contributed by atoms with Crippen LogP contribution in [0.2, 0.25) is 0 Å². The van der Waals surface area contributed by atoms with Crippen molar-refractivity contribution in [1.29, 1.82) is 0 Å². The molecule has 3 heterocycles. The van der Waals surface area contributed by atoms with Crippen LogP contribution in [-0.2, 0) is 32.7 Å². The monoisotopic (exact) mass is 498 g/mol. The molecule has 0 aromatic carbocycles. The van der Waals surface area contributed by atoms with Gasteiger partial charge in [0.25, 0.3) is 0 Å². The van der Waals surface area contributed by atoms with Crippen LogP contribution in [0.15, 0.2) is 11.2 Å². The Morgan fingerprint density at radius 2 is 2.11 bits per heavy atom. The first-order chi connectivity index (χ1) is 12.3. The lowest BCUT2D eigenvalue weighted by atomic mass is 10.1. The molecule has 0 spiro atoms. The number of aliphatic imine (C=N–C) groups is 1. The number of nitrogens with zero attached hydrogens (tertiary/aromatic N) is 6. The second-order valence-electron chi connectivity index (χ2n) is 6.24. The SMILES string of the molecule is CN=C(NCc1cn(C)nc1C(F)(F)F)NC1CCc2nc(C)nn2C1.I. The molecule has 1 atom stereocenters. The second kappa shape index (κ2) is 8.44. The highest BCUT2D eigenvalue weighted by molar-refractivity contribution is 14.0. The number of guanidine groups is 1. The molecule has 1 aliphatic heterocycles. The van der Waals surface area contributed by atoms with Gasteiger partial charge in [-0.15, -0.1) is 24.0 Å². The van der Waals surface area contributed by atoms with E-state index in [-0.39, 0.29) is 42.1 Å². The molecule has 3 rings (SSSR count). The highest BCUT2D eigenvalue weighted by Crippen LogP contribution is 2.30. The minimum Gasteiger partial charge on any atom is -0.352 e. The zero-order valence-corrected chi connectivity index (χ0v) is 17.5. The van der Waals surface area contributed by atoms with Crippen molar-refractivity contribution in [2.45, 2.75) is 45.1 Å². The number of halogens is 4. The summed E-state index contributed by atoms with van der Waals surface area (Å²) in [6.45, 7) is 2.46. The second-order valence-corrected chi connectivity index (χ2v) is 6.24. The summed E-state index contributed by atoms with van der Waals surface area (Å²) < 4.78 is 42.1. The molecule has 1 unspecified atom stereocenters. The molecule has 0 saturated heterocycles. The number of nitrogens with one attached hydrogen (secondary N) is 2. The fourth-order valence-electron chi connectivity index (χ4n) is 3.02. The van der Waals surface area contributed by atoms with Crippen LogP contribution in [0.5, 0.6) is 0 Å². The molecular formula is C15H22F3IN8. The van der Waals surface area contributed by atoms with Gasteiger partial charge in [0, 0.05) is 44.9 Å². The predicted molar refractivity (Wildman–Crippen MR) is 104 cm³/mol. The summed E-state index contributed by atoms with van der Waals surface area (Å²) in [4.78, 5) is 8.46. The number of hydrogen-bond acceptors (Lipinski definition) is 4. The highest BCUT2D eigenvalue weighted by atomic mass is 127. The van der Waals surface area contributed by atoms with Gasteiger partial charge in [-0.1, -0.05) is 0 Å². The van der Waals surface area contributed by atoms with Gasteiger partial charge in [-0.3, -0.25) is 9.67 Å². The van der Waals surface area contributed by atoms with Crippen LogP contribution in [0.3, 0.4) is 0 Å². The van der Waals surface area contributed by atoms with Gasteiger partial charge in [0.05, 0.1) is 6.54 Å². The zero-order valence-electron chi connectivity index (χ0n) is 15.2. The fourth-order valence-corrected chi connectivity index (χ4v) is 3.02. The predicted octanol–water partition coefficient (Wildman–Crippen LogP) is 1.64. The molecule has 2 aromatic rings. The van der Waals surface area contributed by atoms with Gasteiger partial charge >= 0.3 is 6.18 Å². The summed E-state index contributed by atoms with van der Waals surface area (Å²) in [6, 6.07) is 0.0748. The normalized spacial score (nSPS) is 17.3. The Morgan fingerprint density at radius 3 is 2.78 bits per heavy atom. The molecule has 2 aromatic heterocycles. The van der Waals surface area contributed by atoms with E-state index in [1.54, 1.807) is 7.05 Å². The number of alkyl halides is 3. The molecule has 0 amide bonds. The Labute approximate surface area is 171 Å². The maximum absolute atomic E-state index is 13.0. The van der Waals surface area contributed by atoms with Crippen molar-refractivity contribution in [3.8, 4) is 0 Å². The molecule has 8 nitrogen and oxygen atoms in total. The van der Waals surface area contributed by atoms with E-state index in [1.807, 2.05) is 11.6 Å². The summed E-state index contributed by atoms with van der Waals surface area (Å²) in [5, 5.41) is 14.0. The molecule has 0 radical (unpaired) electrons. The van der Waals surface area contributed by atoms with Crippen LogP contribution >= 0.6 is 24.0 Å². The maximum atomic E-state index is 13.0. The summed E-state index contributed by atoms with van der Waals surface area (Å²) in [5.74, 6) is 2.13. The summed E-state index contributed by atoms with van der Waals surface area (Å²) in [7, 11) is 3.04. The van der Waals surface area contributed by atoms with E-state index in [2.05, 4.69) is 30.8 Å². The quantitative estimate of drug-likeness (QED) is 0.382. The smallest absolute Gasteiger partial charge is 0.352 e. The maximum Gasteiger partial charge on any atom is 0.435 e. The van der Waals surface area contributed by atoms with Crippen LogP contribution in [-0.4, -0.2) is 43.6 Å². The molecule has 1 aliphatic rings. The minimum absolute atomic E-state index is 0. The van der Waals surface area contributed by atoms with Crippen molar-refractivity contribution in [1.82, 2.24) is 35.2 Å². The number of aryl methyl sites for hydroxylation is 3. The summed E-state index contributed by atoms with van der Waals surface area (Å²) in [5.41, 5.74) is -0.816. The summed E-state index contributed by atoms with van der Waals surface area (Å²) >= 11 is 0. The first-order valence-electron chi connectivity index (χ1n) is 8.23. The lowest BCUT2D eigenvalue weighted by Gasteiger charge is -2.25. The largest absolute Gasteiger partial charge is 0.435 e. The third-order valence-corrected chi connectivity index (χ3v) is 4.15. The van der Waals surface area contributed by atoms with Crippen molar-refractivity contribution in [3.63, 3.8) is 0 Å². The summed E-state index contributed by atoms with van der Waals surface area (Å²) in [6.07, 6.45) is -1.50. The Morgan fingerprint density at radius 1 is 1.37 bits per heavy atom. The van der Waals surface area contributed by atoms with E-state index >= 15 is 0 Å². The number of fused-ring (bicyclic) bond motifs is 1. The average molecular weight is 498 g/mol. The molecule has 0 saturated carbocycles. The molecule has 0 aliphatic carbocycles. The molecule has 12 heteroatoms. The number of aromatic nitrogens is 5. The first-order valence-corrected chi connectivity index (χ1v) is 8.23. The van der Waals surface area contributed by atoms with Gasteiger partial charge in [-0.2, -0.15) is 23.4 Å². The lowest BCUT2D eigenvalue weighted by molar-refractivity contribution is -0.142. The van der Waals surface area contributed by atoms with Gasteiger partial charge < -0.3 is 10.6 Å². The van der Waals surface area contributed by atoms with Crippen molar-refractivity contribution in [2.75, 3.05) is 7.05 Å². The zero-order chi connectivity index (χ0) is 18.9. The van der Waals surface area contributed by atoms with Gasteiger partial charge in [0.2, 0.25) is 0 Å². The van der Waals surface area contributed by atoms with Gasteiger partial charge in [0.15, 0.2) is 11.7 Å². The highest BCUT2D eigenvalue weighted by Gasteiger charge is 2.36. The third kappa shape index (κ3) is 5.11. The van der Waals surface area contributed by atoms with Crippen LogP contribution < -0.4 is 10.6 Å². The minimum atomic E-state index is -4.49. The first kappa shape index (κ1) is 21.4. The molecule has 0 fully saturated rings. The van der Waals surface area contributed by atoms with E-state index in [1.165, 1.54) is 13.2 Å². The van der Waals surface area contributed by atoms with Gasteiger partial charge in [-0.05, 0) is 13.3 Å². The fraction of sp³-hybridized carbons (Fsp3) is 0.600. The van der Waals surface area contributed by atoms with Crippen molar-refractivity contribution in [2.24, 2.45) is 12.0 Å². The van der Waals surface area contributed by atoms with Crippen molar-refractivity contribution < 1.29 is 13.2 Å². The van der Waals surface area contributed by atoms with E-state index in [0.717, 1.165) is 29.2 Å². The van der Waals surface area contributed by atoms with Crippen molar-refractivity contribution in [3.05, 3.63) is 29.1 Å². The van der Waals surface area contributed by atoms with Gasteiger partial charge in [0.1, 0.15) is 11.6 Å². The lowest BCUT2D eigenvalue weighted by Crippen LogP contribution is -2.46. The third-order valence-electron chi connectivity index (χ3n) is 4.15. The standard InChI is InChI=1S/C15H21F3N8.HI/c1-9-21-12-5-4-11(8-26(12)23-9)22-14(19-2)20-6-10-7-25(3)24-13(10)15(16,17)18;/h7,11H,4-6,8H2,1-3H3,(H2,19,20,22);1H. The van der Waals surface area contributed by atoms with E-state index in [0.29, 0.717) is 12.5 Å². The number of hydrogen-bond donors (Lipinski definition) is 2. The Bertz CT molecular complexity index is 811. The number of rotatable bonds is 3. The van der Waals surface area contributed by atoms with E-state index in [4.69, 9.17) is 0 Å². The van der Waals surface area contributed by atoms with Crippen LogP contribution in [0.25, 0.3) is 0 Å². The van der Waals surface area contributed by atoms with Crippen LogP contribution in [0.4, 0.5) is 13.2 Å². The van der Waals surface area contributed by atoms with Crippen LogP contribution in [0, 0.1) is 6.92 Å².